The van der Waals surface area contributed by atoms with Crippen LogP contribution in [0.3, 0.4) is 0 Å². The van der Waals surface area contributed by atoms with Crippen LogP contribution in [0.25, 0.3) is 0 Å². The van der Waals surface area contributed by atoms with Gasteiger partial charge in [0, 0.05) is 5.56 Å². The number of benzene rings is 1. The zero-order chi connectivity index (χ0) is 10.6. The summed E-state index contributed by atoms with van der Waals surface area (Å²) in [6, 6.07) is 3.98. The van der Waals surface area contributed by atoms with Crippen LogP contribution in [0, 0.1) is 11.6 Å². The Morgan fingerprint density at radius 1 is 1.29 bits per heavy atom. The van der Waals surface area contributed by atoms with Crippen molar-refractivity contribution in [1.82, 2.24) is 0 Å². The summed E-state index contributed by atoms with van der Waals surface area (Å²) >= 11 is 0. The van der Waals surface area contributed by atoms with E-state index in [0.717, 1.165) is 0 Å². The van der Waals surface area contributed by atoms with E-state index in [1.54, 1.807) is 0 Å². The van der Waals surface area contributed by atoms with Gasteiger partial charge in [0.25, 0.3) is 0 Å². The lowest BCUT2D eigenvalue weighted by molar-refractivity contribution is 0.533. The maximum atomic E-state index is 13.3. The summed E-state index contributed by atoms with van der Waals surface area (Å²) in [5.74, 6) is -1.03. The van der Waals surface area contributed by atoms with Crippen LogP contribution in [-0.2, 0) is 0 Å². The Kier molecular flexibility index (Phi) is 3.81. The predicted molar refractivity (Wildman–Crippen MR) is 54.2 cm³/mol. The molecule has 0 N–H and O–H groups in total. The highest BCUT2D eigenvalue weighted by Gasteiger charge is 2.14. The van der Waals surface area contributed by atoms with E-state index in [0.29, 0.717) is 6.42 Å². The van der Waals surface area contributed by atoms with E-state index in [9.17, 15) is 8.78 Å². The van der Waals surface area contributed by atoms with Gasteiger partial charge in [-0.05, 0) is 31.4 Å². The Morgan fingerprint density at radius 3 is 2.36 bits per heavy atom. The molecule has 0 aliphatic rings. The first-order valence-electron chi connectivity index (χ1n) is 4.72. The highest BCUT2D eigenvalue weighted by atomic mass is 19.1. The average molecular weight is 196 g/mol. The standard InChI is InChI=1S/C12H14F2/c1-3-4-6-9(2)12-10(13)7-5-8-11(12)14/h3-5,7-9H,6H2,1-2H3/b4-3-. The fourth-order valence-electron chi connectivity index (χ4n) is 1.44. The molecule has 0 heterocycles. The number of hydrogen-bond acceptors (Lipinski definition) is 0. The minimum Gasteiger partial charge on any atom is -0.207 e. The number of halogens is 2. The summed E-state index contributed by atoms with van der Waals surface area (Å²) in [5, 5.41) is 0. The third-order valence-electron chi connectivity index (χ3n) is 2.22. The predicted octanol–water partition coefficient (Wildman–Crippen LogP) is 4.03. The van der Waals surface area contributed by atoms with Gasteiger partial charge in [-0.15, -0.1) is 0 Å². The molecule has 76 valence electrons. The van der Waals surface area contributed by atoms with Crippen LogP contribution in [0.4, 0.5) is 8.78 Å². The molecule has 1 aromatic rings. The first kappa shape index (κ1) is 10.9. The van der Waals surface area contributed by atoms with Crippen molar-refractivity contribution in [1.29, 1.82) is 0 Å². The molecule has 1 unspecified atom stereocenters. The Bertz CT molecular complexity index is 309. The molecule has 0 aliphatic heterocycles. The third kappa shape index (κ3) is 2.41. The lowest BCUT2D eigenvalue weighted by atomic mass is 9.96. The SMILES string of the molecule is C/C=C\CC(C)c1c(F)cccc1F. The monoisotopic (exact) mass is 196 g/mol. The first-order valence-corrected chi connectivity index (χ1v) is 4.72. The molecule has 0 bridgehead atoms. The van der Waals surface area contributed by atoms with Gasteiger partial charge in [0.15, 0.2) is 0 Å². The highest BCUT2D eigenvalue weighted by molar-refractivity contribution is 5.23. The minimum atomic E-state index is -0.456. The van der Waals surface area contributed by atoms with Gasteiger partial charge < -0.3 is 0 Å². The molecule has 0 radical (unpaired) electrons. The Morgan fingerprint density at radius 2 is 1.86 bits per heavy atom. The molecule has 0 spiro atoms. The maximum absolute atomic E-state index is 13.3. The molecule has 1 atom stereocenters. The van der Waals surface area contributed by atoms with Crippen molar-refractivity contribution in [2.45, 2.75) is 26.2 Å². The van der Waals surface area contributed by atoms with E-state index in [-0.39, 0.29) is 11.5 Å². The van der Waals surface area contributed by atoms with Gasteiger partial charge in [0.2, 0.25) is 0 Å². The molecule has 0 aromatic heterocycles. The van der Waals surface area contributed by atoms with Crippen LogP contribution < -0.4 is 0 Å². The summed E-state index contributed by atoms with van der Waals surface area (Å²) < 4.78 is 26.5. The van der Waals surface area contributed by atoms with Gasteiger partial charge in [-0.1, -0.05) is 25.1 Å². The zero-order valence-corrected chi connectivity index (χ0v) is 8.43. The third-order valence-corrected chi connectivity index (χ3v) is 2.22. The van der Waals surface area contributed by atoms with E-state index in [2.05, 4.69) is 0 Å². The summed E-state index contributed by atoms with van der Waals surface area (Å²) in [4.78, 5) is 0. The molecule has 0 saturated heterocycles. The van der Waals surface area contributed by atoms with Crippen LogP contribution in [0.1, 0.15) is 31.7 Å². The van der Waals surface area contributed by atoms with Gasteiger partial charge in [0.05, 0.1) is 0 Å². The van der Waals surface area contributed by atoms with E-state index in [1.165, 1.54) is 18.2 Å². The summed E-state index contributed by atoms with van der Waals surface area (Å²) in [6.45, 7) is 3.71. The van der Waals surface area contributed by atoms with Crippen LogP contribution in [-0.4, -0.2) is 0 Å². The van der Waals surface area contributed by atoms with E-state index in [1.807, 2.05) is 26.0 Å². The van der Waals surface area contributed by atoms with Crippen molar-refractivity contribution in [3.8, 4) is 0 Å². The average Bonchev–Trinajstić information content (AvgIpc) is 2.14. The van der Waals surface area contributed by atoms with Crippen LogP contribution >= 0.6 is 0 Å². The van der Waals surface area contributed by atoms with E-state index >= 15 is 0 Å². The van der Waals surface area contributed by atoms with Crippen molar-refractivity contribution >= 4 is 0 Å². The summed E-state index contributed by atoms with van der Waals surface area (Å²) in [5.41, 5.74) is 0.186. The number of rotatable bonds is 3. The lowest BCUT2D eigenvalue weighted by Gasteiger charge is -2.11. The van der Waals surface area contributed by atoms with E-state index < -0.39 is 11.6 Å². The summed E-state index contributed by atoms with van der Waals surface area (Å²) in [7, 11) is 0. The van der Waals surface area contributed by atoms with Crippen LogP contribution in [0.2, 0.25) is 0 Å². The van der Waals surface area contributed by atoms with Crippen molar-refractivity contribution in [3.63, 3.8) is 0 Å². The number of hydrogen-bond donors (Lipinski definition) is 0. The summed E-state index contributed by atoms with van der Waals surface area (Å²) in [6.07, 6.45) is 4.46. The minimum absolute atomic E-state index is 0.118. The molecular formula is C12H14F2. The molecule has 1 rings (SSSR count). The Labute approximate surface area is 83.3 Å². The molecule has 0 nitrogen and oxygen atoms in total. The van der Waals surface area contributed by atoms with Gasteiger partial charge in [-0.2, -0.15) is 0 Å². The quantitative estimate of drug-likeness (QED) is 0.640. The van der Waals surface area contributed by atoms with Crippen LogP contribution in [0.15, 0.2) is 30.4 Å². The smallest absolute Gasteiger partial charge is 0.129 e. The second-order valence-corrected chi connectivity index (χ2v) is 3.34. The van der Waals surface area contributed by atoms with Gasteiger partial charge in [-0.3, -0.25) is 0 Å². The van der Waals surface area contributed by atoms with Crippen molar-refractivity contribution in [3.05, 3.63) is 47.5 Å². The molecule has 2 heteroatoms. The van der Waals surface area contributed by atoms with Gasteiger partial charge in [0.1, 0.15) is 11.6 Å². The molecule has 14 heavy (non-hydrogen) atoms. The molecule has 0 fully saturated rings. The second-order valence-electron chi connectivity index (χ2n) is 3.34. The normalized spacial score (nSPS) is 13.4. The molecule has 1 aromatic carbocycles. The van der Waals surface area contributed by atoms with Crippen molar-refractivity contribution < 1.29 is 8.78 Å². The second kappa shape index (κ2) is 4.89. The van der Waals surface area contributed by atoms with E-state index in [4.69, 9.17) is 0 Å². The van der Waals surface area contributed by atoms with Crippen molar-refractivity contribution in [2.75, 3.05) is 0 Å². The number of allylic oxidation sites excluding steroid dienone is 2. The van der Waals surface area contributed by atoms with Gasteiger partial charge in [-0.25, -0.2) is 8.78 Å². The van der Waals surface area contributed by atoms with Crippen LogP contribution in [0.5, 0.6) is 0 Å². The topological polar surface area (TPSA) is 0 Å². The Balaban J connectivity index is 2.93. The highest BCUT2D eigenvalue weighted by Crippen LogP contribution is 2.25. The molecule has 0 saturated carbocycles. The largest absolute Gasteiger partial charge is 0.207 e. The molecule has 0 amide bonds. The van der Waals surface area contributed by atoms with Crippen molar-refractivity contribution in [2.24, 2.45) is 0 Å². The Hall–Kier alpha value is -1.18. The molecule has 0 aliphatic carbocycles. The first-order chi connectivity index (χ1) is 6.66. The lowest BCUT2D eigenvalue weighted by Crippen LogP contribution is -2.00. The molecular weight excluding hydrogens is 182 g/mol. The van der Waals surface area contributed by atoms with Gasteiger partial charge >= 0.3 is 0 Å². The fraction of sp³-hybridized carbons (Fsp3) is 0.333. The fourth-order valence-corrected chi connectivity index (χ4v) is 1.44. The maximum Gasteiger partial charge on any atom is 0.129 e. The zero-order valence-electron chi connectivity index (χ0n) is 8.43.